The predicted octanol–water partition coefficient (Wildman–Crippen LogP) is 3.16. The summed E-state index contributed by atoms with van der Waals surface area (Å²) in [7, 11) is 0. The second kappa shape index (κ2) is 7.04. The molecule has 0 bridgehead atoms. The van der Waals surface area contributed by atoms with Crippen LogP contribution in [0.3, 0.4) is 0 Å². The Morgan fingerprint density at radius 1 is 1.13 bits per heavy atom. The van der Waals surface area contributed by atoms with E-state index < -0.39 is 0 Å². The first-order valence-corrected chi connectivity index (χ1v) is 5.49. The van der Waals surface area contributed by atoms with Crippen molar-refractivity contribution in [1.82, 2.24) is 0 Å². The van der Waals surface area contributed by atoms with Crippen LogP contribution < -0.4 is 0 Å². The Hall–Kier alpha value is -1.31. The first kappa shape index (κ1) is 11.8. The first-order valence-electron chi connectivity index (χ1n) is 5.49. The summed E-state index contributed by atoms with van der Waals surface area (Å²) in [5.41, 5.74) is 0. The van der Waals surface area contributed by atoms with E-state index in [1.807, 2.05) is 0 Å². The molecule has 0 atom stereocenters. The molecule has 0 radical (unpaired) electrons. The van der Waals surface area contributed by atoms with Crippen LogP contribution in [0, 0.1) is 0 Å². The van der Waals surface area contributed by atoms with E-state index in [0.717, 1.165) is 12.8 Å². The third-order valence-corrected chi connectivity index (χ3v) is 2.43. The van der Waals surface area contributed by atoms with Gasteiger partial charge < -0.3 is 4.74 Å². The standard InChI is InChI=1S/C13H18O2/c1-2-3-4-8-11-13(14)15-12-9-6-5-7-10-12/h2-4,8,11-12H,1,5-7,9-10H2. The van der Waals surface area contributed by atoms with Gasteiger partial charge in [0.15, 0.2) is 0 Å². The van der Waals surface area contributed by atoms with Crippen molar-refractivity contribution in [2.45, 2.75) is 38.2 Å². The molecule has 0 aliphatic heterocycles. The van der Waals surface area contributed by atoms with Gasteiger partial charge in [0.1, 0.15) is 6.10 Å². The molecule has 0 spiro atoms. The number of carbonyl (C=O) groups is 1. The summed E-state index contributed by atoms with van der Waals surface area (Å²) in [5.74, 6) is -0.240. The molecule has 2 nitrogen and oxygen atoms in total. The van der Waals surface area contributed by atoms with E-state index in [9.17, 15) is 4.79 Å². The van der Waals surface area contributed by atoms with Gasteiger partial charge in [-0.1, -0.05) is 37.3 Å². The maximum absolute atomic E-state index is 11.3. The van der Waals surface area contributed by atoms with Crippen LogP contribution in [0.15, 0.2) is 37.0 Å². The predicted molar refractivity (Wildman–Crippen MR) is 61.4 cm³/mol. The molecule has 0 aromatic rings. The molecule has 0 heterocycles. The Balaban J connectivity index is 2.25. The Bertz CT molecular complexity index is 258. The van der Waals surface area contributed by atoms with Crippen molar-refractivity contribution in [3.05, 3.63) is 37.0 Å². The Morgan fingerprint density at radius 2 is 1.87 bits per heavy atom. The molecule has 1 saturated carbocycles. The normalized spacial score (nSPS) is 18.4. The summed E-state index contributed by atoms with van der Waals surface area (Å²) in [6.45, 7) is 3.53. The maximum Gasteiger partial charge on any atom is 0.331 e. The lowest BCUT2D eigenvalue weighted by molar-refractivity contribution is -0.144. The molecular weight excluding hydrogens is 188 g/mol. The molecule has 0 unspecified atom stereocenters. The van der Waals surface area contributed by atoms with Gasteiger partial charge in [0.25, 0.3) is 0 Å². The maximum atomic E-state index is 11.3. The first-order chi connectivity index (χ1) is 7.33. The summed E-state index contributed by atoms with van der Waals surface area (Å²) >= 11 is 0. The van der Waals surface area contributed by atoms with Gasteiger partial charge in [-0.3, -0.25) is 0 Å². The molecule has 0 N–H and O–H groups in total. The number of allylic oxidation sites excluding steroid dienone is 4. The minimum absolute atomic E-state index is 0.138. The number of esters is 1. The fourth-order valence-electron chi connectivity index (χ4n) is 1.66. The molecule has 2 heteroatoms. The highest BCUT2D eigenvalue weighted by atomic mass is 16.5. The van der Waals surface area contributed by atoms with E-state index in [1.54, 1.807) is 24.3 Å². The largest absolute Gasteiger partial charge is 0.459 e. The molecular formula is C13H18O2. The van der Waals surface area contributed by atoms with Gasteiger partial charge in [-0.25, -0.2) is 4.79 Å². The van der Waals surface area contributed by atoms with Crippen molar-refractivity contribution >= 4 is 5.97 Å². The summed E-state index contributed by atoms with van der Waals surface area (Å²) < 4.78 is 5.29. The van der Waals surface area contributed by atoms with Crippen molar-refractivity contribution in [1.29, 1.82) is 0 Å². The molecule has 82 valence electrons. The highest BCUT2D eigenvalue weighted by molar-refractivity contribution is 5.82. The molecule has 1 aliphatic rings. The fourth-order valence-corrected chi connectivity index (χ4v) is 1.66. The van der Waals surface area contributed by atoms with Crippen LogP contribution in [0.2, 0.25) is 0 Å². The third-order valence-electron chi connectivity index (χ3n) is 2.43. The molecule has 1 rings (SSSR count). The lowest BCUT2D eigenvalue weighted by Gasteiger charge is -2.20. The zero-order valence-corrected chi connectivity index (χ0v) is 9.02. The second-order valence-corrected chi connectivity index (χ2v) is 3.68. The van der Waals surface area contributed by atoms with E-state index in [-0.39, 0.29) is 12.1 Å². The van der Waals surface area contributed by atoms with Crippen molar-refractivity contribution < 1.29 is 9.53 Å². The van der Waals surface area contributed by atoms with Gasteiger partial charge in [-0.2, -0.15) is 0 Å². The van der Waals surface area contributed by atoms with E-state index in [4.69, 9.17) is 4.74 Å². The van der Waals surface area contributed by atoms with Gasteiger partial charge in [0, 0.05) is 6.08 Å². The van der Waals surface area contributed by atoms with Crippen LogP contribution in [0.25, 0.3) is 0 Å². The summed E-state index contributed by atoms with van der Waals surface area (Å²) in [4.78, 5) is 11.3. The van der Waals surface area contributed by atoms with Gasteiger partial charge in [-0.15, -0.1) is 0 Å². The van der Waals surface area contributed by atoms with Crippen molar-refractivity contribution in [3.8, 4) is 0 Å². The number of rotatable bonds is 4. The number of hydrogen-bond donors (Lipinski definition) is 0. The topological polar surface area (TPSA) is 26.3 Å². The highest BCUT2D eigenvalue weighted by Gasteiger charge is 2.15. The summed E-state index contributed by atoms with van der Waals surface area (Å²) in [6.07, 6.45) is 14.1. The summed E-state index contributed by atoms with van der Waals surface area (Å²) in [6, 6.07) is 0. The van der Waals surface area contributed by atoms with Crippen LogP contribution in [-0.4, -0.2) is 12.1 Å². The van der Waals surface area contributed by atoms with Crippen LogP contribution in [0.4, 0.5) is 0 Å². The summed E-state index contributed by atoms with van der Waals surface area (Å²) in [5, 5.41) is 0. The molecule has 1 aliphatic carbocycles. The molecule has 1 fully saturated rings. The van der Waals surface area contributed by atoms with E-state index >= 15 is 0 Å². The van der Waals surface area contributed by atoms with Gasteiger partial charge >= 0.3 is 5.97 Å². The SMILES string of the molecule is C=CC=CC=CC(=O)OC1CCCCC1. The van der Waals surface area contributed by atoms with Gasteiger partial charge in [0.2, 0.25) is 0 Å². The molecule has 0 amide bonds. The molecule has 0 aromatic heterocycles. The quantitative estimate of drug-likeness (QED) is 0.401. The van der Waals surface area contributed by atoms with Crippen LogP contribution in [-0.2, 0) is 9.53 Å². The zero-order chi connectivity index (χ0) is 10.9. The average Bonchev–Trinajstić information content (AvgIpc) is 2.26. The number of ether oxygens (including phenoxy) is 1. The minimum atomic E-state index is -0.240. The lowest BCUT2D eigenvalue weighted by Crippen LogP contribution is -2.19. The Kier molecular flexibility index (Phi) is 5.52. The monoisotopic (exact) mass is 206 g/mol. The minimum Gasteiger partial charge on any atom is -0.459 e. The van der Waals surface area contributed by atoms with Gasteiger partial charge in [0.05, 0.1) is 0 Å². The number of hydrogen-bond acceptors (Lipinski definition) is 2. The Morgan fingerprint density at radius 3 is 2.53 bits per heavy atom. The zero-order valence-electron chi connectivity index (χ0n) is 9.02. The highest BCUT2D eigenvalue weighted by Crippen LogP contribution is 2.20. The van der Waals surface area contributed by atoms with Gasteiger partial charge in [-0.05, 0) is 25.7 Å². The smallest absolute Gasteiger partial charge is 0.331 e. The van der Waals surface area contributed by atoms with E-state index in [0.29, 0.717) is 0 Å². The van der Waals surface area contributed by atoms with Crippen LogP contribution in [0.1, 0.15) is 32.1 Å². The van der Waals surface area contributed by atoms with E-state index in [2.05, 4.69) is 6.58 Å². The van der Waals surface area contributed by atoms with Crippen molar-refractivity contribution in [2.75, 3.05) is 0 Å². The fraction of sp³-hybridized carbons (Fsp3) is 0.462. The Labute approximate surface area is 91.3 Å². The van der Waals surface area contributed by atoms with Crippen molar-refractivity contribution in [3.63, 3.8) is 0 Å². The van der Waals surface area contributed by atoms with Crippen molar-refractivity contribution in [2.24, 2.45) is 0 Å². The number of carbonyl (C=O) groups excluding carboxylic acids is 1. The molecule has 0 aromatic carbocycles. The average molecular weight is 206 g/mol. The third kappa shape index (κ3) is 5.21. The lowest BCUT2D eigenvalue weighted by atomic mass is 9.98. The van der Waals surface area contributed by atoms with Crippen LogP contribution >= 0.6 is 0 Å². The molecule has 15 heavy (non-hydrogen) atoms. The second-order valence-electron chi connectivity index (χ2n) is 3.68. The molecule has 0 saturated heterocycles. The van der Waals surface area contributed by atoms with Crippen LogP contribution in [0.5, 0.6) is 0 Å². The van der Waals surface area contributed by atoms with E-state index in [1.165, 1.54) is 25.3 Å².